The van der Waals surface area contributed by atoms with Crippen LogP contribution in [0.25, 0.3) is 0 Å². The molecule has 0 spiro atoms. The molecule has 0 aliphatic rings. The Morgan fingerprint density at radius 1 is 1.03 bits per heavy atom. The van der Waals surface area contributed by atoms with Crippen LogP contribution < -0.4 is 20.8 Å². The van der Waals surface area contributed by atoms with Crippen LogP contribution in [0.1, 0.15) is 36.5 Å². The summed E-state index contributed by atoms with van der Waals surface area (Å²) in [5.74, 6) is -1.46. The van der Waals surface area contributed by atoms with Gasteiger partial charge < -0.3 is 15.4 Å². The number of unbranched alkanes of at least 4 members (excludes halogenated alkanes) is 1. The van der Waals surface area contributed by atoms with Crippen LogP contribution >= 0.6 is 0 Å². The van der Waals surface area contributed by atoms with Crippen LogP contribution in [0.15, 0.2) is 47.6 Å². The lowest BCUT2D eigenvalue weighted by Gasteiger charge is -2.12. The van der Waals surface area contributed by atoms with E-state index in [1.165, 1.54) is 6.21 Å². The first-order valence-corrected chi connectivity index (χ1v) is 10.1. The van der Waals surface area contributed by atoms with E-state index in [1.807, 2.05) is 39.0 Å². The number of para-hydroxylation sites is 1. The molecule has 2 aromatic rings. The average molecular weight is 425 g/mol. The summed E-state index contributed by atoms with van der Waals surface area (Å²) in [4.78, 5) is 35.6. The largest absolute Gasteiger partial charge is 0.483 e. The zero-order chi connectivity index (χ0) is 22.6. The maximum absolute atomic E-state index is 12.3. The Hall–Kier alpha value is -3.68. The lowest BCUT2D eigenvalue weighted by Crippen LogP contribution is -2.38. The maximum Gasteiger partial charge on any atom is 0.329 e. The van der Waals surface area contributed by atoms with Crippen molar-refractivity contribution >= 4 is 29.6 Å². The van der Waals surface area contributed by atoms with Crippen LogP contribution in [0.5, 0.6) is 5.75 Å². The third-order valence-electron chi connectivity index (χ3n) is 4.55. The van der Waals surface area contributed by atoms with Crippen molar-refractivity contribution in [1.82, 2.24) is 10.7 Å². The molecule has 0 saturated carbocycles. The van der Waals surface area contributed by atoms with E-state index in [0.29, 0.717) is 17.9 Å². The van der Waals surface area contributed by atoms with Crippen LogP contribution in [0.4, 0.5) is 5.69 Å². The first-order valence-electron chi connectivity index (χ1n) is 10.1. The number of rotatable bonds is 9. The molecule has 2 rings (SSSR count). The summed E-state index contributed by atoms with van der Waals surface area (Å²) >= 11 is 0. The van der Waals surface area contributed by atoms with Gasteiger partial charge in [-0.2, -0.15) is 5.10 Å². The molecule has 3 amide bonds. The van der Waals surface area contributed by atoms with Gasteiger partial charge in [0.15, 0.2) is 6.61 Å². The van der Waals surface area contributed by atoms with Gasteiger partial charge >= 0.3 is 11.8 Å². The topological polar surface area (TPSA) is 109 Å². The molecule has 8 nitrogen and oxygen atoms in total. The average Bonchev–Trinajstić information content (AvgIpc) is 2.76. The molecule has 0 saturated heterocycles. The highest BCUT2D eigenvalue weighted by atomic mass is 16.5. The SMILES string of the molecule is CCCCNC(=O)C(=O)N/N=C\c1ccccc1OCC(=O)Nc1cccc(C)c1C. The molecule has 0 fully saturated rings. The molecule has 8 heteroatoms. The van der Waals surface area contributed by atoms with Crippen molar-refractivity contribution in [2.75, 3.05) is 18.5 Å². The number of amides is 3. The summed E-state index contributed by atoms with van der Waals surface area (Å²) < 4.78 is 5.62. The molecule has 2 aromatic carbocycles. The number of nitrogens with zero attached hydrogens (tertiary/aromatic N) is 1. The molecule has 0 aliphatic carbocycles. The summed E-state index contributed by atoms with van der Waals surface area (Å²) in [6, 6.07) is 12.6. The van der Waals surface area contributed by atoms with Gasteiger partial charge in [-0.1, -0.05) is 37.6 Å². The molecule has 31 heavy (non-hydrogen) atoms. The van der Waals surface area contributed by atoms with Gasteiger partial charge in [-0.05, 0) is 49.6 Å². The first kappa shape index (κ1) is 23.6. The number of nitrogens with one attached hydrogen (secondary N) is 3. The maximum atomic E-state index is 12.3. The van der Waals surface area contributed by atoms with Gasteiger partial charge in [0, 0.05) is 17.8 Å². The second kappa shape index (κ2) is 12.1. The molecule has 0 bridgehead atoms. The summed E-state index contributed by atoms with van der Waals surface area (Å²) in [5, 5.41) is 9.14. The van der Waals surface area contributed by atoms with Gasteiger partial charge in [0.1, 0.15) is 5.75 Å². The number of hydrogen-bond acceptors (Lipinski definition) is 5. The highest BCUT2D eigenvalue weighted by molar-refractivity contribution is 6.35. The van der Waals surface area contributed by atoms with Gasteiger partial charge in [-0.15, -0.1) is 0 Å². The van der Waals surface area contributed by atoms with Crippen molar-refractivity contribution in [1.29, 1.82) is 0 Å². The number of carbonyl (C=O) groups is 3. The lowest BCUT2D eigenvalue weighted by atomic mass is 10.1. The molecule has 0 aliphatic heterocycles. The van der Waals surface area contributed by atoms with Crippen LogP contribution in [0.2, 0.25) is 0 Å². The van der Waals surface area contributed by atoms with Crippen LogP contribution in [-0.4, -0.2) is 37.1 Å². The molecule has 0 unspecified atom stereocenters. The minimum absolute atomic E-state index is 0.190. The van der Waals surface area contributed by atoms with Crippen molar-refractivity contribution in [3.63, 3.8) is 0 Å². The molecule has 0 heterocycles. The number of carbonyl (C=O) groups excluding carboxylic acids is 3. The van der Waals surface area contributed by atoms with Gasteiger partial charge in [-0.25, -0.2) is 5.43 Å². The van der Waals surface area contributed by atoms with E-state index < -0.39 is 11.8 Å². The molecule has 0 radical (unpaired) electrons. The minimum Gasteiger partial charge on any atom is -0.483 e. The Morgan fingerprint density at radius 3 is 2.58 bits per heavy atom. The van der Waals surface area contributed by atoms with E-state index in [9.17, 15) is 14.4 Å². The molecule has 0 aromatic heterocycles. The molecule has 3 N–H and O–H groups in total. The van der Waals surface area contributed by atoms with Gasteiger partial charge in [-0.3, -0.25) is 14.4 Å². The highest BCUT2D eigenvalue weighted by Crippen LogP contribution is 2.19. The quantitative estimate of drug-likeness (QED) is 0.249. The minimum atomic E-state index is -0.848. The molecular formula is C23H28N4O4. The predicted octanol–water partition coefficient (Wildman–Crippen LogP) is 2.69. The van der Waals surface area contributed by atoms with Crippen molar-refractivity contribution in [2.45, 2.75) is 33.6 Å². The van der Waals surface area contributed by atoms with Crippen LogP contribution in [0.3, 0.4) is 0 Å². The highest BCUT2D eigenvalue weighted by Gasteiger charge is 2.12. The number of hydrogen-bond donors (Lipinski definition) is 3. The second-order valence-electron chi connectivity index (χ2n) is 6.93. The van der Waals surface area contributed by atoms with E-state index in [4.69, 9.17) is 4.74 Å². The fraction of sp³-hybridized carbons (Fsp3) is 0.304. The Morgan fingerprint density at radius 2 is 1.81 bits per heavy atom. The van der Waals surface area contributed by atoms with Gasteiger partial charge in [0.05, 0.1) is 6.21 Å². The number of aryl methyl sites for hydroxylation is 1. The zero-order valence-corrected chi connectivity index (χ0v) is 18.0. The first-order chi connectivity index (χ1) is 14.9. The number of hydrazone groups is 1. The van der Waals surface area contributed by atoms with Gasteiger partial charge in [0.25, 0.3) is 5.91 Å². The van der Waals surface area contributed by atoms with E-state index in [1.54, 1.807) is 24.3 Å². The predicted molar refractivity (Wildman–Crippen MR) is 120 cm³/mol. The van der Waals surface area contributed by atoms with Crippen molar-refractivity contribution in [3.05, 3.63) is 59.2 Å². The molecular weight excluding hydrogens is 396 g/mol. The Kier molecular flexibility index (Phi) is 9.22. The van der Waals surface area contributed by atoms with Gasteiger partial charge in [0.2, 0.25) is 0 Å². The van der Waals surface area contributed by atoms with Crippen LogP contribution in [-0.2, 0) is 14.4 Å². The van der Waals surface area contributed by atoms with E-state index in [-0.39, 0.29) is 12.5 Å². The molecule has 164 valence electrons. The fourth-order valence-corrected chi connectivity index (χ4v) is 2.60. The standard InChI is InChI=1S/C23H28N4O4/c1-4-5-13-24-22(29)23(30)27-25-14-18-10-6-7-12-20(18)31-15-21(28)26-19-11-8-9-16(2)17(19)3/h6-12,14H,4-5,13,15H2,1-3H3,(H,24,29)(H,26,28)(H,27,30)/b25-14-. The second-order valence-corrected chi connectivity index (χ2v) is 6.93. The summed E-state index contributed by atoms with van der Waals surface area (Å²) in [6.45, 7) is 6.15. The summed E-state index contributed by atoms with van der Waals surface area (Å²) in [5.41, 5.74) is 5.55. The van der Waals surface area contributed by atoms with Crippen LogP contribution in [0, 0.1) is 13.8 Å². The monoisotopic (exact) mass is 424 g/mol. The van der Waals surface area contributed by atoms with Crippen molar-refractivity contribution in [2.24, 2.45) is 5.10 Å². The third kappa shape index (κ3) is 7.58. The van der Waals surface area contributed by atoms with Crippen molar-refractivity contribution in [3.8, 4) is 5.75 Å². The van der Waals surface area contributed by atoms with E-state index in [0.717, 1.165) is 29.7 Å². The smallest absolute Gasteiger partial charge is 0.329 e. The zero-order valence-electron chi connectivity index (χ0n) is 18.0. The summed E-state index contributed by atoms with van der Waals surface area (Å²) in [6.07, 6.45) is 3.07. The van der Waals surface area contributed by atoms with E-state index >= 15 is 0 Å². The third-order valence-corrected chi connectivity index (χ3v) is 4.55. The number of benzene rings is 2. The number of ether oxygens (including phenoxy) is 1. The Balaban J connectivity index is 1.90. The number of anilines is 1. The van der Waals surface area contributed by atoms with E-state index in [2.05, 4.69) is 21.2 Å². The normalized spacial score (nSPS) is 10.5. The molecule has 0 atom stereocenters. The summed E-state index contributed by atoms with van der Waals surface area (Å²) in [7, 11) is 0. The fourth-order valence-electron chi connectivity index (χ4n) is 2.60. The lowest BCUT2D eigenvalue weighted by molar-refractivity contribution is -0.139. The Labute approximate surface area is 182 Å². The van der Waals surface area contributed by atoms with Crippen molar-refractivity contribution < 1.29 is 19.1 Å². The Bertz CT molecular complexity index is 956.